The average Bonchev–Trinajstić information content (AvgIpc) is 2.78. The van der Waals surface area contributed by atoms with Gasteiger partial charge in [-0.25, -0.2) is 0 Å². The lowest BCUT2D eigenvalue weighted by atomic mass is 9.77. The van der Waals surface area contributed by atoms with Gasteiger partial charge < -0.3 is 10.0 Å². The van der Waals surface area contributed by atoms with E-state index in [-0.39, 0.29) is 24.5 Å². The quantitative estimate of drug-likeness (QED) is 0.833. The molecule has 17 heavy (non-hydrogen) atoms. The molecular formula is C14H17NO2. The van der Waals surface area contributed by atoms with Gasteiger partial charge in [-0.3, -0.25) is 4.79 Å². The maximum absolute atomic E-state index is 12.4. The monoisotopic (exact) mass is 231 g/mol. The van der Waals surface area contributed by atoms with Crippen molar-refractivity contribution >= 4 is 5.91 Å². The minimum absolute atomic E-state index is 0.0401. The highest BCUT2D eigenvalue weighted by molar-refractivity contribution is 5.87. The van der Waals surface area contributed by atoms with E-state index in [1.807, 2.05) is 23.1 Å². The molecule has 1 amide bonds. The Morgan fingerprint density at radius 3 is 3.00 bits per heavy atom. The molecule has 1 fully saturated rings. The number of hydrogen-bond acceptors (Lipinski definition) is 2. The third-order valence-electron chi connectivity index (χ3n) is 4.02. The summed E-state index contributed by atoms with van der Waals surface area (Å²) in [5.74, 6) is 0.249. The normalized spacial score (nSPS) is 26.5. The molecule has 0 bridgehead atoms. The number of likely N-dealkylation sites (tertiary alicyclic amines) is 1. The van der Waals surface area contributed by atoms with Gasteiger partial charge in [-0.15, -0.1) is 0 Å². The number of hydrogen-bond donors (Lipinski definition) is 1. The Kier molecular flexibility index (Phi) is 2.63. The highest BCUT2D eigenvalue weighted by Gasteiger charge is 2.38. The van der Waals surface area contributed by atoms with Crippen LogP contribution in [0.1, 0.15) is 29.9 Å². The number of aliphatic hydroxyl groups is 1. The van der Waals surface area contributed by atoms with Gasteiger partial charge in [0.15, 0.2) is 0 Å². The third kappa shape index (κ3) is 1.65. The maximum atomic E-state index is 12.4. The second kappa shape index (κ2) is 4.15. The van der Waals surface area contributed by atoms with Crippen LogP contribution in [0.4, 0.5) is 0 Å². The van der Waals surface area contributed by atoms with Crippen molar-refractivity contribution in [1.82, 2.24) is 4.90 Å². The molecule has 3 rings (SSSR count). The Bertz CT molecular complexity index is 444. The van der Waals surface area contributed by atoms with Crippen molar-refractivity contribution in [2.24, 2.45) is 0 Å². The van der Waals surface area contributed by atoms with Crippen molar-refractivity contribution < 1.29 is 9.90 Å². The first kappa shape index (κ1) is 10.8. The smallest absolute Gasteiger partial charge is 0.230 e. The zero-order valence-corrected chi connectivity index (χ0v) is 9.80. The first-order valence-electron chi connectivity index (χ1n) is 6.30. The fourth-order valence-electron chi connectivity index (χ4n) is 2.99. The van der Waals surface area contributed by atoms with Crippen LogP contribution >= 0.6 is 0 Å². The summed E-state index contributed by atoms with van der Waals surface area (Å²) in [5.41, 5.74) is 2.48. The standard InChI is InChI=1S/C14H17NO2/c16-9-11-5-3-7-15(11)14(17)13-8-10-4-1-2-6-12(10)13/h1-2,4,6,11,13,16H,3,5,7-9H2/t11-,13?/m0/s1. The molecule has 2 atom stereocenters. The zero-order valence-electron chi connectivity index (χ0n) is 9.80. The van der Waals surface area contributed by atoms with E-state index in [1.54, 1.807) is 0 Å². The van der Waals surface area contributed by atoms with Crippen molar-refractivity contribution in [2.45, 2.75) is 31.2 Å². The van der Waals surface area contributed by atoms with Crippen LogP contribution in [0, 0.1) is 0 Å². The molecule has 90 valence electrons. The van der Waals surface area contributed by atoms with E-state index in [0.717, 1.165) is 25.8 Å². The first-order chi connectivity index (χ1) is 8.31. The van der Waals surface area contributed by atoms with Crippen LogP contribution < -0.4 is 0 Å². The number of carbonyl (C=O) groups excluding carboxylic acids is 1. The van der Waals surface area contributed by atoms with Gasteiger partial charge >= 0.3 is 0 Å². The molecule has 1 unspecified atom stereocenters. The Morgan fingerprint density at radius 1 is 1.41 bits per heavy atom. The number of benzene rings is 1. The maximum Gasteiger partial charge on any atom is 0.230 e. The summed E-state index contributed by atoms with van der Waals surface area (Å²) in [4.78, 5) is 14.3. The number of rotatable bonds is 2. The average molecular weight is 231 g/mol. The second-order valence-corrected chi connectivity index (χ2v) is 4.97. The van der Waals surface area contributed by atoms with Crippen LogP contribution in [-0.4, -0.2) is 35.1 Å². The van der Waals surface area contributed by atoms with Crippen LogP contribution in [0.3, 0.4) is 0 Å². The van der Waals surface area contributed by atoms with E-state index < -0.39 is 0 Å². The number of amides is 1. The summed E-state index contributed by atoms with van der Waals surface area (Å²) >= 11 is 0. The van der Waals surface area contributed by atoms with Crippen molar-refractivity contribution in [1.29, 1.82) is 0 Å². The molecule has 0 spiro atoms. The minimum atomic E-state index is 0.0401. The number of aliphatic hydroxyl groups excluding tert-OH is 1. The van der Waals surface area contributed by atoms with E-state index in [0.29, 0.717) is 0 Å². The van der Waals surface area contributed by atoms with E-state index in [1.165, 1.54) is 11.1 Å². The fourth-order valence-corrected chi connectivity index (χ4v) is 2.99. The first-order valence-corrected chi connectivity index (χ1v) is 6.30. The minimum Gasteiger partial charge on any atom is -0.394 e. The van der Waals surface area contributed by atoms with Gasteiger partial charge in [-0.05, 0) is 30.4 Å². The second-order valence-electron chi connectivity index (χ2n) is 4.97. The predicted molar refractivity (Wildman–Crippen MR) is 64.7 cm³/mol. The Labute approximate surface area is 101 Å². The largest absolute Gasteiger partial charge is 0.394 e. The molecule has 1 aliphatic heterocycles. The zero-order chi connectivity index (χ0) is 11.8. The topological polar surface area (TPSA) is 40.5 Å². The molecule has 1 N–H and O–H groups in total. The Morgan fingerprint density at radius 2 is 2.24 bits per heavy atom. The van der Waals surface area contributed by atoms with Crippen molar-refractivity contribution in [3.63, 3.8) is 0 Å². The molecule has 1 saturated heterocycles. The lowest BCUT2D eigenvalue weighted by molar-refractivity contribution is -0.134. The molecule has 0 radical (unpaired) electrons. The summed E-state index contributed by atoms with van der Waals surface area (Å²) in [7, 11) is 0. The molecule has 0 aromatic heterocycles. The van der Waals surface area contributed by atoms with Gasteiger partial charge in [0.2, 0.25) is 5.91 Å². The van der Waals surface area contributed by atoms with E-state index in [2.05, 4.69) is 6.07 Å². The van der Waals surface area contributed by atoms with Crippen LogP contribution in [0.5, 0.6) is 0 Å². The molecule has 2 aliphatic rings. The van der Waals surface area contributed by atoms with Crippen molar-refractivity contribution in [3.8, 4) is 0 Å². The molecule has 1 aliphatic carbocycles. The van der Waals surface area contributed by atoms with Crippen molar-refractivity contribution in [3.05, 3.63) is 35.4 Å². The van der Waals surface area contributed by atoms with Gasteiger partial charge in [0.1, 0.15) is 0 Å². The molecule has 3 heteroatoms. The molecule has 1 aromatic rings. The van der Waals surface area contributed by atoms with Gasteiger partial charge in [-0.2, -0.15) is 0 Å². The molecule has 0 saturated carbocycles. The Hall–Kier alpha value is -1.35. The van der Waals surface area contributed by atoms with Gasteiger partial charge in [0.05, 0.1) is 18.6 Å². The lowest BCUT2D eigenvalue weighted by Gasteiger charge is -2.34. The van der Waals surface area contributed by atoms with Crippen LogP contribution in [-0.2, 0) is 11.2 Å². The SMILES string of the molecule is O=C(C1Cc2ccccc21)N1CCC[C@H]1CO. The van der Waals surface area contributed by atoms with Gasteiger partial charge in [0, 0.05) is 6.54 Å². The summed E-state index contributed by atoms with van der Waals surface area (Å²) in [5, 5.41) is 9.26. The Balaban J connectivity index is 1.77. The lowest BCUT2D eigenvalue weighted by Crippen LogP contribution is -2.43. The predicted octanol–water partition coefficient (Wildman–Crippen LogP) is 1.31. The van der Waals surface area contributed by atoms with Crippen LogP contribution in [0.2, 0.25) is 0 Å². The molecule has 3 nitrogen and oxygen atoms in total. The number of carbonyl (C=O) groups is 1. The van der Waals surface area contributed by atoms with E-state index >= 15 is 0 Å². The molecule has 1 heterocycles. The molecular weight excluding hydrogens is 214 g/mol. The molecule has 1 aromatic carbocycles. The number of nitrogens with zero attached hydrogens (tertiary/aromatic N) is 1. The highest BCUT2D eigenvalue weighted by atomic mass is 16.3. The van der Waals surface area contributed by atoms with Gasteiger partial charge in [0.25, 0.3) is 0 Å². The van der Waals surface area contributed by atoms with E-state index in [4.69, 9.17) is 0 Å². The summed E-state index contributed by atoms with van der Waals surface area (Å²) in [6, 6.07) is 8.20. The summed E-state index contributed by atoms with van der Waals surface area (Å²) in [6.07, 6.45) is 2.82. The highest BCUT2D eigenvalue weighted by Crippen LogP contribution is 2.37. The van der Waals surface area contributed by atoms with Crippen LogP contribution in [0.25, 0.3) is 0 Å². The van der Waals surface area contributed by atoms with E-state index in [9.17, 15) is 9.90 Å². The summed E-state index contributed by atoms with van der Waals surface area (Å²) < 4.78 is 0. The third-order valence-corrected chi connectivity index (χ3v) is 4.02. The summed E-state index contributed by atoms with van der Waals surface area (Å²) in [6.45, 7) is 0.906. The fraction of sp³-hybridized carbons (Fsp3) is 0.500. The van der Waals surface area contributed by atoms with Crippen molar-refractivity contribution in [2.75, 3.05) is 13.2 Å². The van der Waals surface area contributed by atoms with Gasteiger partial charge in [-0.1, -0.05) is 24.3 Å². The van der Waals surface area contributed by atoms with Crippen LogP contribution in [0.15, 0.2) is 24.3 Å². The number of fused-ring (bicyclic) bond motifs is 1.